The van der Waals surface area contributed by atoms with Crippen molar-refractivity contribution < 1.29 is 23.9 Å². The number of benzene rings is 2. The van der Waals surface area contributed by atoms with Crippen LogP contribution in [0.25, 0.3) is 0 Å². The maximum Gasteiger partial charge on any atom is 0.347 e. The Kier molecular flexibility index (Phi) is 6.51. The van der Waals surface area contributed by atoms with Crippen LogP contribution >= 0.6 is 0 Å². The molecule has 7 heteroatoms. The number of anilines is 1. The van der Waals surface area contributed by atoms with Crippen LogP contribution in [-0.2, 0) is 23.9 Å². The lowest BCUT2D eigenvalue weighted by molar-refractivity contribution is -0.145. The van der Waals surface area contributed by atoms with E-state index in [4.69, 9.17) is 9.47 Å². The number of aryl methyl sites for hydroxylation is 2. The second kappa shape index (κ2) is 9.26. The van der Waals surface area contributed by atoms with Crippen LogP contribution < -0.4 is 10.6 Å². The fraction of sp³-hybridized carbons (Fsp3) is 0.261. The summed E-state index contributed by atoms with van der Waals surface area (Å²) in [5, 5.41) is 5.68. The van der Waals surface area contributed by atoms with E-state index in [1.165, 1.54) is 5.56 Å². The maximum absolute atomic E-state index is 12.4. The summed E-state index contributed by atoms with van der Waals surface area (Å²) in [6.45, 7) is 5.12. The van der Waals surface area contributed by atoms with E-state index in [1.807, 2.05) is 45.0 Å². The zero-order valence-corrected chi connectivity index (χ0v) is 17.2. The van der Waals surface area contributed by atoms with Crippen LogP contribution in [0.2, 0.25) is 0 Å². The zero-order valence-electron chi connectivity index (χ0n) is 17.2. The van der Waals surface area contributed by atoms with Gasteiger partial charge in [0, 0.05) is 5.69 Å². The maximum atomic E-state index is 12.4. The number of ketones is 1. The van der Waals surface area contributed by atoms with Gasteiger partial charge in [-0.2, -0.15) is 0 Å². The number of carbonyl (C=O) groups excluding carboxylic acids is 3. The van der Waals surface area contributed by atoms with Gasteiger partial charge in [-0.1, -0.05) is 36.4 Å². The second-order valence-corrected chi connectivity index (χ2v) is 7.12. The van der Waals surface area contributed by atoms with Crippen molar-refractivity contribution in [2.45, 2.75) is 26.8 Å². The Balaban J connectivity index is 1.59. The summed E-state index contributed by atoms with van der Waals surface area (Å²) < 4.78 is 10.3. The van der Waals surface area contributed by atoms with Gasteiger partial charge in [-0.3, -0.25) is 9.59 Å². The first kappa shape index (κ1) is 21.1. The van der Waals surface area contributed by atoms with E-state index in [-0.39, 0.29) is 24.1 Å². The Bertz CT molecular complexity index is 998. The minimum absolute atomic E-state index is 0.0279. The molecule has 0 spiro atoms. The number of hydrogen-bond acceptors (Lipinski definition) is 6. The summed E-state index contributed by atoms with van der Waals surface area (Å²) in [6.07, 6.45) is 0. The van der Waals surface area contributed by atoms with E-state index in [0.29, 0.717) is 5.69 Å². The van der Waals surface area contributed by atoms with Gasteiger partial charge >= 0.3 is 5.97 Å². The molecule has 2 aromatic rings. The number of carbonyl (C=O) groups is 3. The van der Waals surface area contributed by atoms with Gasteiger partial charge in [-0.15, -0.1) is 0 Å². The molecule has 1 amide bonds. The van der Waals surface area contributed by atoms with Crippen molar-refractivity contribution in [1.29, 1.82) is 0 Å². The molecule has 30 heavy (non-hydrogen) atoms. The molecule has 0 fully saturated rings. The number of ether oxygens (including phenoxy) is 2. The van der Waals surface area contributed by atoms with E-state index in [9.17, 15) is 14.4 Å². The number of amides is 1. The Hall–Kier alpha value is -3.61. The lowest BCUT2D eigenvalue weighted by Crippen LogP contribution is -2.32. The third-order valence-corrected chi connectivity index (χ3v) is 4.83. The van der Waals surface area contributed by atoms with Crippen molar-refractivity contribution in [1.82, 2.24) is 5.32 Å². The van der Waals surface area contributed by atoms with Crippen molar-refractivity contribution >= 4 is 23.3 Å². The summed E-state index contributed by atoms with van der Waals surface area (Å²) in [6, 6.07) is 14.7. The smallest absolute Gasteiger partial charge is 0.347 e. The molecule has 2 N–H and O–H groups in total. The Labute approximate surface area is 175 Å². The third kappa shape index (κ3) is 5.05. The Morgan fingerprint density at radius 2 is 1.83 bits per heavy atom. The standard InChI is InChI=1S/C23H24N2O5/c1-14-9-10-17(11-15(14)2)16(3)24-20(27)13-30-23(28)21-19(26)12-29-22(21)25-18-7-5-4-6-8-18/h4-11,16,25H,12-13H2,1-3H3,(H,24,27)/t16-/m0/s1. The highest BCUT2D eigenvalue weighted by Gasteiger charge is 2.33. The van der Waals surface area contributed by atoms with Crippen LogP contribution in [0.4, 0.5) is 5.69 Å². The molecule has 0 aromatic heterocycles. The van der Waals surface area contributed by atoms with Crippen molar-refractivity contribution in [3.63, 3.8) is 0 Å². The van der Waals surface area contributed by atoms with Crippen molar-refractivity contribution in [2.24, 2.45) is 0 Å². The van der Waals surface area contributed by atoms with Gasteiger partial charge in [0.25, 0.3) is 5.91 Å². The van der Waals surface area contributed by atoms with Gasteiger partial charge in [0.1, 0.15) is 0 Å². The molecule has 0 unspecified atom stereocenters. The summed E-state index contributed by atoms with van der Waals surface area (Å²) in [5.41, 5.74) is 3.68. The highest BCUT2D eigenvalue weighted by atomic mass is 16.5. The van der Waals surface area contributed by atoms with E-state index in [1.54, 1.807) is 24.3 Å². The molecule has 0 bridgehead atoms. The number of Topliss-reactive ketones (excluding diaryl/α,β-unsaturated/α-hetero) is 1. The molecule has 0 saturated heterocycles. The van der Waals surface area contributed by atoms with Crippen LogP contribution in [0.1, 0.15) is 29.7 Å². The Morgan fingerprint density at radius 1 is 1.10 bits per heavy atom. The fourth-order valence-electron chi connectivity index (χ4n) is 2.97. The molecule has 0 radical (unpaired) electrons. The largest absolute Gasteiger partial charge is 0.470 e. The average molecular weight is 408 g/mol. The molecule has 7 nitrogen and oxygen atoms in total. The van der Waals surface area contributed by atoms with E-state index < -0.39 is 24.3 Å². The molecule has 0 saturated carbocycles. The first-order valence-corrected chi connectivity index (χ1v) is 9.61. The third-order valence-electron chi connectivity index (χ3n) is 4.83. The van der Waals surface area contributed by atoms with Crippen molar-refractivity contribution in [3.05, 3.63) is 76.7 Å². The Morgan fingerprint density at radius 3 is 2.53 bits per heavy atom. The number of rotatable bonds is 7. The van der Waals surface area contributed by atoms with Gasteiger partial charge in [0.15, 0.2) is 18.8 Å². The summed E-state index contributed by atoms with van der Waals surface area (Å²) >= 11 is 0. The topological polar surface area (TPSA) is 93.7 Å². The number of para-hydroxylation sites is 1. The molecule has 156 valence electrons. The molecule has 1 atom stereocenters. The van der Waals surface area contributed by atoms with Gasteiger partial charge in [-0.05, 0) is 49.6 Å². The van der Waals surface area contributed by atoms with Crippen LogP contribution in [-0.4, -0.2) is 30.9 Å². The highest BCUT2D eigenvalue weighted by Crippen LogP contribution is 2.21. The molecule has 2 aromatic carbocycles. The second-order valence-electron chi connectivity index (χ2n) is 7.12. The minimum atomic E-state index is -0.898. The van der Waals surface area contributed by atoms with Gasteiger partial charge < -0.3 is 20.1 Å². The first-order valence-electron chi connectivity index (χ1n) is 9.61. The number of esters is 1. The van der Waals surface area contributed by atoms with Gasteiger partial charge in [-0.25, -0.2) is 4.79 Å². The number of nitrogens with one attached hydrogen (secondary N) is 2. The monoisotopic (exact) mass is 408 g/mol. The minimum Gasteiger partial charge on any atom is -0.470 e. The predicted molar refractivity (Wildman–Crippen MR) is 111 cm³/mol. The van der Waals surface area contributed by atoms with E-state index in [2.05, 4.69) is 10.6 Å². The summed E-state index contributed by atoms with van der Waals surface area (Å²) in [4.78, 5) is 36.7. The molecule has 1 heterocycles. The van der Waals surface area contributed by atoms with Crippen LogP contribution in [0.3, 0.4) is 0 Å². The van der Waals surface area contributed by atoms with Crippen molar-refractivity contribution in [3.8, 4) is 0 Å². The quantitative estimate of drug-likeness (QED) is 0.540. The van der Waals surface area contributed by atoms with Gasteiger partial charge in [0.2, 0.25) is 11.7 Å². The lowest BCUT2D eigenvalue weighted by Gasteiger charge is -2.16. The normalized spacial score (nSPS) is 14.2. The molecule has 3 rings (SSSR count). The average Bonchev–Trinajstić information content (AvgIpc) is 3.09. The first-order chi connectivity index (χ1) is 14.3. The molecular formula is C23H24N2O5. The molecule has 1 aliphatic rings. The van der Waals surface area contributed by atoms with E-state index in [0.717, 1.165) is 11.1 Å². The molecule has 0 aliphatic carbocycles. The molecule has 1 aliphatic heterocycles. The van der Waals surface area contributed by atoms with Crippen LogP contribution in [0.15, 0.2) is 60.0 Å². The van der Waals surface area contributed by atoms with E-state index >= 15 is 0 Å². The zero-order chi connectivity index (χ0) is 21.7. The molecular weight excluding hydrogens is 384 g/mol. The van der Waals surface area contributed by atoms with Crippen LogP contribution in [0, 0.1) is 13.8 Å². The number of hydrogen-bond donors (Lipinski definition) is 2. The van der Waals surface area contributed by atoms with Crippen LogP contribution in [0.5, 0.6) is 0 Å². The summed E-state index contributed by atoms with van der Waals surface area (Å²) in [7, 11) is 0. The summed E-state index contributed by atoms with van der Waals surface area (Å²) in [5.74, 6) is -1.83. The fourth-order valence-corrected chi connectivity index (χ4v) is 2.97. The predicted octanol–water partition coefficient (Wildman–Crippen LogP) is 2.95. The highest BCUT2D eigenvalue weighted by molar-refractivity contribution is 6.20. The SMILES string of the molecule is Cc1ccc([C@H](C)NC(=O)COC(=O)C2=C(Nc3ccccc3)OCC2=O)cc1C. The lowest BCUT2D eigenvalue weighted by atomic mass is 10.0. The van der Waals surface area contributed by atoms with Crippen molar-refractivity contribution in [2.75, 3.05) is 18.5 Å². The van der Waals surface area contributed by atoms with Gasteiger partial charge in [0.05, 0.1) is 6.04 Å².